The van der Waals surface area contributed by atoms with E-state index >= 15 is 0 Å². The maximum atomic E-state index is 11.3. The van der Waals surface area contributed by atoms with Crippen LogP contribution < -0.4 is 10.5 Å². The number of nitrogens with two attached hydrogens (primary N) is 1. The summed E-state index contributed by atoms with van der Waals surface area (Å²) in [5.74, 6) is -1.00. The first-order chi connectivity index (χ1) is 10.5. The summed E-state index contributed by atoms with van der Waals surface area (Å²) in [6.45, 7) is 3.77. The minimum atomic E-state index is -1.00. The normalized spacial score (nSPS) is 22.2. The monoisotopic (exact) mass is 306 g/mol. The number of piperidine rings is 1. The number of amides is 1. The van der Waals surface area contributed by atoms with Gasteiger partial charge in [-0.3, -0.25) is 9.69 Å². The molecule has 2 rings (SSSR count). The number of carbonyl (C=O) groups excluding carboxylic acids is 1. The number of carboxylic acids is 1. The van der Waals surface area contributed by atoms with E-state index in [2.05, 4.69) is 11.8 Å². The van der Waals surface area contributed by atoms with E-state index in [1.807, 2.05) is 0 Å². The van der Waals surface area contributed by atoms with Crippen LogP contribution in [0.5, 0.6) is 5.75 Å². The van der Waals surface area contributed by atoms with E-state index in [0.717, 1.165) is 12.8 Å². The Hall–Kier alpha value is -2.08. The topological polar surface area (TPSA) is 92.9 Å². The number of para-hydroxylation sites is 1. The van der Waals surface area contributed by atoms with E-state index < -0.39 is 5.97 Å². The smallest absolute Gasteiger partial charge is 0.339 e. The molecule has 0 radical (unpaired) electrons. The highest BCUT2D eigenvalue weighted by Gasteiger charge is 2.28. The Morgan fingerprint density at radius 1 is 1.36 bits per heavy atom. The van der Waals surface area contributed by atoms with Crippen molar-refractivity contribution in [3.05, 3.63) is 29.8 Å². The summed E-state index contributed by atoms with van der Waals surface area (Å²) in [7, 11) is 0. The number of rotatable bonds is 6. The van der Waals surface area contributed by atoms with Crippen molar-refractivity contribution in [1.29, 1.82) is 0 Å². The molecule has 1 aromatic rings. The van der Waals surface area contributed by atoms with Crippen LogP contribution in [0.4, 0.5) is 0 Å². The molecule has 1 saturated heterocycles. The molecular weight excluding hydrogens is 284 g/mol. The van der Waals surface area contributed by atoms with Crippen molar-refractivity contribution in [2.24, 2.45) is 11.7 Å². The largest absolute Gasteiger partial charge is 0.491 e. The van der Waals surface area contributed by atoms with E-state index in [9.17, 15) is 9.59 Å². The van der Waals surface area contributed by atoms with Gasteiger partial charge in [0.05, 0.1) is 5.92 Å². The SMILES string of the molecule is C[C@@H]1CC[C@H](C(N)=O)CN1CCOc1ccccc1C(=O)O. The average molecular weight is 306 g/mol. The second-order valence-electron chi connectivity index (χ2n) is 5.67. The number of hydrogen-bond donors (Lipinski definition) is 2. The van der Waals surface area contributed by atoms with Crippen molar-refractivity contribution in [2.75, 3.05) is 19.7 Å². The molecule has 2 atom stereocenters. The van der Waals surface area contributed by atoms with Crippen LogP contribution in [0, 0.1) is 5.92 Å². The molecule has 6 heteroatoms. The Kier molecular flexibility index (Phi) is 5.38. The Morgan fingerprint density at radius 3 is 2.77 bits per heavy atom. The maximum Gasteiger partial charge on any atom is 0.339 e. The summed E-state index contributed by atoms with van der Waals surface area (Å²) < 4.78 is 5.61. The van der Waals surface area contributed by atoms with Gasteiger partial charge in [-0.05, 0) is 31.9 Å². The van der Waals surface area contributed by atoms with Gasteiger partial charge in [-0.15, -0.1) is 0 Å². The summed E-state index contributed by atoms with van der Waals surface area (Å²) in [5, 5.41) is 9.11. The molecule has 0 bridgehead atoms. The third-order valence-corrected chi connectivity index (χ3v) is 4.17. The summed E-state index contributed by atoms with van der Waals surface area (Å²) in [6.07, 6.45) is 1.76. The maximum absolute atomic E-state index is 11.3. The highest BCUT2D eigenvalue weighted by atomic mass is 16.5. The molecule has 0 aromatic heterocycles. The molecule has 0 unspecified atom stereocenters. The summed E-state index contributed by atoms with van der Waals surface area (Å²) in [4.78, 5) is 24.6. The molecule has 1 aliphatic rings. The molecule has 0 spiro atoms. The first kappa shape index (κ1) is 16.3. The van der Waals surface area contributed by atoms with Crippen LogP contribution in [-0.2, 0) is 4.79 Å². The fourth-order valence-corrected chi connectivity index (χ4v) is 2.77. The van der Waals surface area contributed by atoms with Crippen LogP contribution in [0.15, 0.2) is 24.3 Å². The number of benzene rings is 1. The van der Waals surface area contributed by atoms with E-state index in [0.29, 0.717) is 31.5 Å². The number of nitrogens with zero attached hydrogens (tertiary/aromatic N) is 1. The van der Waals surface area contributed by atoms with Gasteiger partial charge in [0.2, 0.25) is 5.91 Å². The minimum Gasteiger partial charge on any atom is -0.491 e. The number of ether oxygens (including phenoxy) is 1. The molecule has 1 amide bonds. The van der Waals surface area contributed by atoms with Gasteiger partial charge in [0, 0.05) is 19.1 Å². The van der Waals surface area contributed by atoms with Crippen molar-refractivity contribution in [1.82, 2.24) is 4.90 Å². The van der Waals surface area contributed by atoms with Crippen LogP contribution in [0.3, 0.4) is 0 Å². The lowest BCUT2D eigenvalue weighted by atomic mass is 9.93. The van der Waals surface area contributed by atoms with E-state index in [1.165, 1.54) is 6.07 Å². The standard InChI is InChI=1S/C16H22N2O4/c1-11-6-7-12(15(17)19)10-18(11)8-9-22-14-5-3-2-4-13(14)16(20)21/h2-5,11-12H,6-10H2,1H3,(H2,17,19)(H,20,21)/t11-,12+/m1/s1. The fourth-order valence-electron chi connectivity index (χ4n) is 2.77. The van der Waals surface area contributed by atoms with Crippen LogP contribution in [0.2, 0.25) is 0 Å². The summed E-state index contributed by atoms with van der Waals surface area (Å²) in [5.41, 5.74) is 5.54. The first-order valence-electron chi connectivity index (χ1n) is 7.47. The lowest BCUT2D eigenvalue weighted by Crippen LogP contribution is -2.47. The number of aromatic carboxylic acids is 1. The number of primary amides is 1. The minimum absolute atomic E-state index is 0.109. The fraction of sp³-hybridized carbons (Fsp3) is 0.500. The van der Waals surface area contributed by atoms with Gasteiger partial charge >= 0.3 is 5.97 Å². The van der Waals surface area contributed by atoms with Crippen LogP contribution in [0.1, 0.15) is 30.1 Å². The zero-order chi connectivity index (χ0) is 16.1. The zero-order valence-corrected chi connectivity index (χ0v) is 12.7. The number of carbonyl (C=O) groups is 2. The molecule has 6 nitrogen and oxygen atoms in total. The lowest BCUT2D eigenvalue weighted by Gasteiger charge is -2.36. The molecule has 120 valence electrons. The first-order valence-corrected chi connectivity index (χ1v) is 7.47. The van der Waals surface area contributed by atoms with Gasteiger partial charge < -0.3 is 15.6 Å². The Morgan fingerprint density at radius 2 is 2.09 bits per heavy atom. The van der Waals surface area contributed by atoms with Crippen LogP contribution in [-0.4, -0.2) is 47.6 Å². The third kappa shape index (κ3) is 3.98. The van der Waals surface area contributed by atoms with E-state index in [1.54, 1.807) is 18.2 Å². The molecule has 1 aromatic carbocycles. The molecule has 1 fully saturated rings. The number of likely N-dealkylation sites (tertiary alicyclic amines) is 1. The Balaban J connectivity index is 1.90. The Labute approximate surface area is 129 Å². The van der Waals surface area contributed by atoms with E-state index in [-0.39, 0.29) is 17.4 Å². The lowest BCUT2D eigenvalue weighted by molar-refractivity contribution is -0.124. The highest BCUT2D eigenvalue weighted by molar-refractivity contribution is 5.90. The predicted molar refractivity (Wildman–Crippen MR) is 81.8 cm³/mol. The highest BCUT2D eigenvalue weighted by Crippen LogP contribution is 2.22. The molecule has 3 N–H and O–H groups in total. The molecule has 0 aliphatic carbocycles. The summed E-state index contributed by atoms with van der Waals surface area (Å²) >= 11 is 0. The molecule has 0 saturated carbocycles. The third-order valence-electron chi connectivity index (χ3n) is 4.17. The van der Waals surface area contributed by atoms with Gasteiger partial charge in [-0.2, -0.15) is 0 Å². The second-order valence-corrected chi connectivity index (χ2v) is 5.67. The van der Waals surface area contributed by atoms with Crippen LogP contribution >= 0.6 is 0 Å². The van der Waals surface area contributed by atoms with Crippen molar-refractivity contribution < 1.29 is 19.4 Å². The zero-order valence-electron chi connectivity index (χ0n) is 12.7. The van der Waals surface area contributed by atoms with E-state index in [4.69, 9.17) is 15.6 Å². The Bertz CT molecular complexity index is 547. The van der Waals surface area contributed by atoms with Gasteiger partial charge in [-0.1, -0.05) is 12.1 Å². The molecule has 1 aliphatic heterocycles. The van der Waals surface area contributed by atoms with Crippen molar-refractivity contribution in [3.63, 3.8) is 0 Å². The number of hydrogen-bond acceptors (Lipinski definition) is 4. The van der Waals surface area contributed by atoms with Gasteiger partial charge in [0.15, 0.2) is 0 Å². The van der Waals surface area contributed by atoms with Gasteiger partial charge in [0.25, 0.3) is 0 Å². The summed E-state index contributed by atoms with van der Waals surface area (Å²) in [6, 6.07) is 6.95. The average Bonchev–Trinajstić information content (AvgIpc) is 2.49. The van der Waals surface area contributed by atoms with Crippen molar-refractivity contribution in [3.8, 4) is 5.75 Å². The van der Waals surface area contributed by atoms with Crippen LogP contribution in [0.25, 0.3) is 0 Å². The second kappa shape index (κ2) is 7.26. The predicted octanol–water partition coefficient (Wildman–Crippen LogP) is 1.35. The molecule has 22 heavy (non-hydrogen) atoms. The molecular formula is C16H22N2O4. The van der Waals surface area contributed by atoms with Crippen molar-refractivity contribution >= 4 is 11.9 Å². The molecule has 1 heterocycles. The number of carboxylic acid groups (broad SMARTS) is 1. The quantitative estimate of drug-likeness (QED) is 0.827. The van der Waals surface area contributed by atoms with Crippen molar-refractivity contribution in [2.45, 2.75) is 25.8 Å². The van der Waals surface area contributed by atoms with Gasteiger partial charge in [-0.25, -0.2) is 4.79 Å². The van der Waals surface area contributed by atoms with Gasteiger partial charge in [0.1, 0.15) is 17.9 Å².